The largest absolute Gasteiger partial charge is 0.424 e. The molecule has 1 heterocycles. The van der Waals surface area contributed by atoms with Gasteiger partial charge in [0.25, 0.3) is 0 Å². The van der Waals surface area contributed by atoms with Crippen molar-refractivity contribution in [3.05, 3.63) is 34.6 Å². The van der Waals surface area contributed by atoms with Crippen molar-refractivity contribution in [2.24, 2.45) is 0 Å². The molecule has 0 saturated carbocycles. The van der Waals surface area contributed by atoms with Crippen LogP contribution in [-0.4, -0.2) is 21.5 Å². The lowest BCUT2D eigenvalue weighted by Crippen LogP contribution is -2.05. The monoisotopic (exact) mass is 278 g/mol. The summed E-state index contributed by atoms with van der Waals surface area (Å²) >= 11 is 5.84. The predicted octanol–water partition coefficient (Wildman–Crippen LogP) is 3.37. The van der Waals surface area contributed by atoms with Crippen LogP contribution >= 0.6 is 11.6 Å². The summed E-state index contributed by atoms with van der Waals surface area (Å²) in [4.78, 5) is 12.1. The quantitative estimate of drug-likeness (QED) is 0.929. The van der Waals surface area contributed by atoms with E-state index in [0.29, 0.717) is 18.2 Å². The van der Waals surface area contributed by atoms with Crippen LogP contribution in [0.2, 0.25) is 5.28 Å². The summed E-state index contributed by atoms with van der Waals surface area (Å²) in [5.41, 5.74) is 2.19. The van der Waals surface area contributed by atoms with Gasteiger partial charge in [0.05, 0.1) is 0 Å². The fourth-order valence-electron chi connectivity index (χ4n) is 1.55. The first-order chi connectivity index (χ1) is 9.10. The highest BCUT2D eigenvalue weighted by Gasteiger charge is 2.09. The molecule has 0 amide bonds. The van der Waals surface area contributed by atoms with Gasteiger partial charge in [0.2, 0.25) is 11.2 Å². The molecule has 0 radical (unpaired) electrons. The number of benzene rings is 1. The second kappa shape index (κ2) is 5.84. The molecule has 100 valence electrons. The Hall–Kier alpha value is -1.88. The minimum Gasteiger partial charge on any atom is -0.424 e. The van der Waals surface area contributed by atoms with Gasteiger partial charge in [-0.1, -0.05) is 12.1 Å². The van der Waals surface area contributed by atoms with Gasteiger partial charge in [-0.25, -0.2) is 0 Å². The van der Waals surface area contributed by atoms with Crippen molar-refractivity contribution in [3.63, 3.8) is 0 Å². The van der Waals surface area contributed by atoms with Crippen LogP contribution in [0.1, 0.15) is 18.1 Å². The van der Waals surface area contributed by atoms with Crippen LogP contribution in [0.3, 0.4) is 0 Å². The average Bonchev–Trinajstić information content (AvgIpc) is 2.35. The zero-order valence-corrected chi connectivity index (χ0v) is 11.8. The van der Waals surface area contributed by atoms with E-state index in [1.165, 1.54) is 0 Å². The summed E-state index contributed by atoms with van der Waals surface area (Å²) in [5.74, 6) is 1.12. The average molecular weight is 279 g/mol. The first-order valence-corrected chi connectivity index (χ1v) is 6.37. The molecule has 2 rings (SSSR count). The van der Waals surface area contributed by atoms with Gasteiger partial charge in [-0.2, -0.15) is 15.0 Å². The highest BCUT2D eigenvalue weighted by Crippen LogP contribution is 2.25. The summed E-state index contributed by atoms with van der Waals surface area (Å²) in [6.07, 6.45) is 0. The molecule has 1 aromatic heterocycles. The molecule has 5 nitrogen and oxygen atoms in total. The van der Waals surface area contributed by atoms with Crippen LogP contribution in [0.5, 0.6) is 11.8 Å². The second-order valence-corrected chi connectivity index (χ2v) is 4.38. The number of anilines is 1. The Morgan fingerprint density at radius 1 is 1.21 bits per heavy atom. The van der Waals surface area contributed by atoms with Crippen LogP contribution in [-0.2, 0) is 0 Å². The highest BCUT2D eigenvalue weighted by atomic mass is 35.5. The molecular formula is C13H15ClN4O. The summed E-state index contributed by atoms with van der Waals surface area (Å²) in [7, 11) is 0. The smallest absolute Gasteiger partial charge is 0.328 e. The Balaban J connectivity index is 2.30. The van der Waals surface area contributed by atoms with Crippen molar-refractivity contribution in [2.75, 3.05) is 11.9 Å². The van der Waals surface area contributed by atoms with Crippen molar-refractivity contribution >= 4 is 17.5 Å². The van der Waals surface area contributed by atoms with Gasteiger partial charge in [0.1, 0.15) is 5.75 Å². The molecule has 0 fully saturated rings. The molecule has 0 unspecified atom stereocenters. The number of hydrogen-bond donors (Lipinski definition) is 1. The molecule has 0 atom stereocenters. The number of nitrogens with zero attached hydrogens (tertiary/aromatic N) is 3. The van der Waals surface area contributed by atoms with Crippen molar-refractivity contribution in [3.8, 4) is 11.8 Å². The SMILES string of the molecule is CCNc1nc(Cl)nc(Oc2cccc(C)c2C)n1. The fraction of sp³-hybridized carbons (Fsp3) is 0.308. The van der Waals surface area contributed by atoms with Gasteiger partial charge >= 0.3 is 6.01 Å². The van der Waals surface area contributed by atoms with Crippen LogP contribution < -0.4 is 10.1 Å². The molecule has 0 aliphatic heterocycles. The molecule has 1 aromatic carbocycles. The number of aryl methyl sites for hydroxylation is 1. The molecule has 0 saturated heterocycles. The van der Waals surface area contributed by atoms with Gasteiger partial charge in [-0.3, -0.25) is 0 Å². The lowest BCUT2D eigenvalue weighted by atomic mass is 10.1. The predicted molar refractivity (Wildman–Crippen MR) is 75.0 cm³/mol. The zero-order valence-electron chi connectivity index (χ0n) is 11.1. The number of rotatable bonds is 4. The highest BCUT2D eigenvalue weighted by molar-refractivity contribution is 6.28. The Labute approximate surface area is 117 Å². The summed E-state index contributed by atoms with van der Waals surface area (Å²) in [6.45, 7) is 6.65. The number of halogens is 1. The van der Waals surface area contributed by atoms with E-state index in [1.54, 1.807) is 0 Å². The molecule has 0 aliphatic carbocycles. The van der Waals surface area contributed by atoms with E-state index in [2.05, 4.69) is 20.3 Å². The molecular weight excluding hydrogens is 264 g/mol. The Kier molecular flexibility index (Phi) is 4.16. The van der Waals surface area contributed by atoms with E-state index in [9.17, 15) is 0 Å². The summed E-state index contributed by atoms with van der Waals surface area (Å²) in [5, 5.41) is 3.08. The maximum atomic E-state index is 5.84. The van der Waals surface area contributed by atoms with E-state index >= 15 is 0 Å². The van der Waals surface area contributed by atoms with Crippen molar-refractivity contribution in [2.45, 2.75) is 20.8 Å². The van der Waals surface area contributed by atoms with E-state index in [4.69, 9.17) is 16.3 Å². The maximum Gasteiger partial charge on any atom is 0.328 e. The van der Waals surface area contributed by atoms with Crippen LogP contribution in [0.25, 0.3) is 0 Å². The Bertz CT molecular complexity index is 589. The molecule has 0 bridgehead atoms. The van der Waals surface area contributed by atoms with E-state index in [0.717, 1.165) is 11.1 Å². The first kappa shape index (κ1) is 13.5. The Morgan fingerprint density at radius 3 is 2.74 bits per heavy atom. The van der Waals surface area contributed by atoms with Crippen LogP contribution in [0, 0.1) is 13.8 Å². The summed E-state index contributed by atoms with van der Waals surface area (Å²) < 4.78 is 5.67. The van der Waals surface area contributed by atoms with Gasteiger partial charge in [-0.15, -0.1) is 0 Å². The molecule has 19 heavy (non-hydrogen) atoms. The van der Waals surface area contributed by atoms with E-state index in [-0.39, 0.29) is 11.3 Å². The number of ether oxygens (including phenoxy) is 1. The maximum absolute atomic E-state index is 5.84. The van der Waals surface area contributed by atoms with Gasteiger partial charge in [0, 0.05) is 6.54 Å². The molecule has 6 heteroatoms. The zero-order chi connectivity index (χ0) is 13.8. The molecule has 0 aliphatic rings. The van der Waals surface area contributed by atoms with E-state index in [1.807, 2.05) is 39.0 Å². The minimum atomic E-state index is 0.103. The van der Waals surface area contributed by atoms with Gasteiger partial charge < -0.3 is 10.1 Å². The van der Waals surface area contributed by atoms with Crippen molar-refractivity contribution in [1.29, 1.82) is 0 Å². The third-order valence-electron chi connectivity index (χ3n) is 2.68. The molecule has 1 N–H and O–H groups in total. The van der Waals surface area contributed by atoms with Gasteiger partial charge in [-0.05, 0) is 49.6 Å². The van der Waals surface area contributed by atoms with E-state index < -0.39 is 0 Å². The first-order valence-electron chi connectivity index (χ1n) is 5.99. The number of nitrogens with one attached hydrogen (secondary N) is 1. The standard InChI is InChI=1S/C13H15ClN4O/c1-4-15-12-16-11(14)17-13(18-12)19-10-7-5-6-8(2)9(10)3/h5-7H,4H2,1-3H3,(H,15,16,17,18). The normalized spacial score (nSPS) is 10.3. The lowest BCUT2D eigenvalue weighted by Gasteiger charge is -2.09. The van der Waals surface area contributed by atoms with Crippen molar-refractivity contribution in [1.82, 2.24) is 15.0 Å². The summed E-state index contributed by atoms with van der Waals surface area (Å²) in [6, 6.07) is 6.00. The minimum absolute atomic E-state index is 0.103. The molecule has 2 aromatic rings. The number of aromatic nitrogens is 3. The molecule has 0 spiro atoms. The van der Waals surface area contributed by atoms with Crippen LogP contribution in [0.4, 0.5) is 5.95 Å². The fourth-order valence-corrected chi connectivity index (χ4v) is 1.70. The lowest BCUT2D eigenvalue weighted by molar-refractivity contribution is 0.437. The van der Waals surface area contributed by atoms with Gasteiger partial charge in [0.15, 0.2) is 0 Å². The second-order valence-electron chi connectivity index (χ2n) is 4.04. The Morgan fingerprint density at radius 2 is 2.00 bits per heavy atom. The number of hydrogen-bond acceptors (Lipinski definition) is 5. The third kappa shape index (κ3) is 3.32. The van der Waals surface area contributed by atoms with Crippen molar-refractivity contribution < 1.29 is 4.74 Å². The third-order valence-corrected chi connectivity index (χ3v) is 2.85. The topological polar surface area (TPSA) is 59.9 Å². The van der Waals surface area contributed by atoms with Crippen LogP contribution in [0.15, 0.2) is 18.2 Å².